The summed E-state index contributed by atoms with van der Waals surface area (Å²) >= 11 is 0. The topological polar surface area (TPSA) is 15.3 Å². The average molecular weight is 198 g/mol. The molecule has 1 atom stereocenters. The lowest BCUT2D eigenvalue weighted by Gasteiger charge is -2.29. The molecule has 0 unspecified atom stereocenters. The van der Waals surface area contributed by atoms with Crippen molar-refractivity contribution >= 4 is 0 Å². The van der Waals surface area contributed by atoms with Gasteiger partial charge in [-0.15, -0.1) is 0 Å². The van der Waals surface area contributed by atoms with Crippen LogP contribution in [0.25, 0.3) is 0 Å². The average Bonchev–Trinajstić information content (AvgIpc) is 2.54. The van der Waals surface area contributed by atoms with Gasteiger partial charge in [-0.1, -0.05) is 27.7 Å². The van der Waals surface area contributed by atoms with Gasteiger partial charge in [-0.3, -0.25) is 0 Å². The van der Waals surface area contributed by atoms with Gasteiger partial charge in [0.05, 0.1) is 0 Å². The lowest BCUT2D eigenvalue weighted by Crippen LogP contribution is -2.46. The largest absolute Gasteiger partial charge is 0.310 e. The molecule has 84 valence electrons. The third-order valence-electron chi connectivity index (χ3n) is 3.01. The predicted molar refractivity (Wildman–Crippen MR) is 62.6 cm³/mol. The smallest absolute Gasteiger partial charge is 0.0220 e. The zero-order valence-electron chi connectivity index (χ0n) is 10.2. The second-order valence-electron chi connectivity index (χ2n) is 5.18. The van der Waals surface area contributed by atoms with Gasteiger partial charge in [-0.2, -0.15) is 0 Å². The molecule has 0 aromatic rings. The molecule has 1 fully saturated rings. The highest BCUT2D eigenvalue weighted by atomic mass is 15.2. The second-order valence-corrected chi connectivity index (χ2v) is 5.18. The summed E-state index contributed by atoms with van der Waals surface area (Å²) in [4.78, 5) is 2.60. The molecule has 1 heterocycles. The normalized spacial score (nSPS) is 21.0. The van der Waals surface area contributed by atoms with Gasteiger partial charge in [0.2, 0.25) is 0 Å². The summed E-state index contributed by atoms with van der Waals surface area (Å²) in [5.41, 5.74) is 0. The van der Waals surface area contributed by atoms with Crippen molar-refractivity contribution in [3.05, 3.63) is 0 Å². The molecule has 1 N–H and O–H groups in total. The molecule has 0 bridgehead atoms. The molecule has 0 aliphatic carbocycles. The SMILES string of the molecule is CC(C)N[C@H](CN1CCCC1)C(C)C. The highest BCUT2D eigenvalue weighted by Gasteiger charge is 2.20. The molecular weight excluding hydrogens is 172 g/mol. The molecule has 1 aliphatic rings. The van der Waals surface area contributed by atoms with E-state index in [1.165, 1.54) is 32.5 Å². The molecule has 0 aromatic heterocycles. The van der Waals surface area contributed by atoms with Gasteiger partial charge in [-0.25, -0.2) is 0 Å². The summed E-state index contributed by atoms with van der Waals surface area (Å²) in [7, 11) is 0. The first-order valence-electron chi connectivity index (χ1n) is 6.08. The van der Waals surface area contributed by atoms with Crippen molar-refractivity contribution in [1.82, 2.24) is 10.2 Å². The Morgan fingerprint density at radius 1 is 1.07 bits per heavy atom. The zero-order valence-corrected chi connectivity index (χ0v) is 10.2. The van der Waals surface area contributed by atoms with Gasteiger partial charge in [0.1, 0.15) is 0 Å². The van der Waals surface area contributed by atoms with E-state index in [9.17, 15) is 0 Å². The fraction of sp³-hybridized carbons (Fsp3) is 1.00. The Morgan fingerprint density at radius 2 is 1.64 bits per heavy atom. The van der Waals surface area contributed by atoms with Crippen LogP contribution in [0.5, 0.6) is 0 Å². The Morgan fingerprint density at radius 3 is 2.07 bits per heavy atom. The predicted octanol–water partition coefficient (Wildman–Crippen LogP) is 2.10. The van der Waals surface area contributed by atoms with Crippen LogP contribution in [-0.4, -0.2) is 36.6 Å². The van der Waals surface area contributed by atoms with E-state index in [1.54, 1.807) is 0 Å². The van der Waals surface area contributed by atoms with E-state index < -0.39 is 0 Å². The van der Waals surface area contributed by atoms with Crippen LogP contribution in [0, 0.1) is 5.92 Å². The molecule has 0 amide bonds. The highest BCUT2D eigenvalue weighted by Crippen LogP contribution is 2.11. The fourth-order valence-electron chi connectivity index (χ4n) is 2.13. The molecule has 2 heteroatoms. The second kappa shape index (κ2) is 5.72. The van der Waals surface area contributed by atoms with Crippen molar-refractivity contribution in [1.29, 1.82) is 0 Å². The molecule has 0 radical (unpaired) electrons. The maximum absolute atomic E-state index is 3.66. The van der Waals surface area contributed by atoms with Gasteiger partial charge in [0, 0.05) is 18.6 Å². The lowest BCUT2D eigenvalue weighted by molar-refractivity contribution is 0.246. The fourth-order valence-corrected chi connectivity index (χ4v) is 2.13. The van der Waals surface area contributed by atoms with Gasteiger partial charge in [-0.05, 0) is 31.8 Å². The van der Waals surface area contributed by atoms with E-state index in [4.69, 9.17) is 0 Å². The lowest BCUT2D eigenvalue weighted by atomic mass is 10.0. The number of nitrogens with zero attached hydrogens (tertiary/aromatic N) is 1. The molecule has 0 aromatic carbocycles. The Balaban J connectivity index is 2.33. The quantitative estimate of drug-likeness (QED) is 0.728. The molecule has 0 saturated carbocycles. The minimum Gasteiger partial charge on any atom is -0.310 e. The van der Waals surface area contributed by atoms with Crippen molar-refractivity contribution in [3.8, 4) is 0 Å². The number of rotatable bonds is 5. The first-order valence-corrected chi connectivity index (χ1v) is 6.08. The summed E-state index contributed by atoms with van der Waals surface area (Å²) in [6.07, 6.45) is 2.79. The van der Waals surface area contributed by atoms with Crippen molar-refractivity contribution in [2.45, 2.75) is 52.6 Å². The number of likely N-dealkylation sites (tertiary alicyclic amines) is 1. The zero-order chi connectivity index (χ0) is 10.6. The van der Waals surface area contributed by atoms with Crippen LogP contribution < -0.4 is 5.32 Å². The number of hydrogen-bond acceptors (Lipinski definition) is 2. The van der Waals surface area contributed by atoms with Gasteiger partial charge < -0.3 is 10.2 Å². The number of hydrogen-bond donors (Lipinski definition) is 1. The Labute approximate surface area is 89.1 Å². The molecule has 0 spiro atoms. The molecule has 1 saturated heterocycles. The highest BCUT2D eigenvalue weighted by molar-refractivity contribution is 4.78. The third-order valence-corrected chi connectivity index (χ3v) is 3.01. The summed E-state index contributed by atoms with van der Waals surface area (Å²) in [5.74, 6) is 0.734. The van der Waals surface area contributed by atoms with Crippen molar-refractivity contribution in [3.63, 3.8) is 0 Å². The van der Waals surface area contributed by atoms with Crippen LogP contribution >= 0.6 is 0 Å². The first-order chi connectivity index (χ1) is 6.59. The summed E-state index contributed by atoms with van der Waals surface area (Å²) in [5, 5.41) is 3.66. The van der Waals surface area contributed by atoms with Crippen LogP contribution in [0.4, 0.5) is 0 Å². The Bertz CT molecular complexity index is 148. The van der Waals surface area contributed by atoms with Gasteiger partial charge >= 0.3 is 0 Å². The monoisotopic (exact) mass is 198 g/mol. The molecule has 14 heavy (non-hydrogen) atoms. The summed E-state index contributed by atoms with van der Waals surface area (Å²) < 4.78 is 0. The Kier molecular flexibility index (Phi) is 4.90. The van der Waals surface area contributed by atoms with Crippen LogP contribution in [0.3, 0.4) is 0 Å². The van der Waals surface area contributed by atoms with Crippen LogP contribution in [-0.2, 0) is 0 Å². The van der Waals surface area contributed by atoms with E-state index in [-0.39, 0.29) is 0 Å². The van der Waals surface area contributed by atoms with Gasteiger partial charge in [0.15, 0.2) is 0 Å². The maximum atomic E-state index is 3.66. The van der Waals surface area contributed by atoms with Crippen LogP contribution in [0.2, 0.25) is 0 Å². The number of nitrogens with one attached hydrogen (secondary N) is 1. The molecule has 1 rings (SSSR count). The third kappa shape index (κ3) is 3.97. The summed E-state index contributed by atoms with van der Waals surface area (Å²) in [6, 6.07) is 1.26. The standard InChI is InChI=1S/C12H26N2/c1-10(2)12(13-11(3)4)9-14-7-5-6-8-14/h10-13H,5-9H2,1-4H3/t12-/m1/s1. The Hall–Kier alpha value is -0.0800. The van der Waals surface area contributed by atoms with Crippen LogP contribution in [0.1, 0.15) is 40.5 Å². The first kappa shape index (κ1) is 12.0. The molecule has 2 nitrogen and oxygen atoms in total. The van der Waals surface area contributed by atoms with E-state index in [0.717, 1.165) is 5.92 Å². The molecular formula is C12H26N2. The van der Waals surface area contributed by atoms with Gasteiger partial charge in [0.25, 0.3) is 0 Å². The van der Waals surface area contributed by atoms with Crippen molar-refractivity contribution in [2.24, 2.45) is 5.92 Å². The van der Waals surface area contributed by atoms with Crippen LogP contribution in [0.15, 0.2) is 0 Å². The van der Waals surface area contributed by atoms with E-state index >= 15 is 0 Å². The molecule has 1 aliphatic heterocycles. The van der Waals surface area contributed by atoms with E-state index in [0.29, 0.717) is 12.1 Å². The van der Waals surface area contributed by atoms with Crippen molar-refractivity contribution < 1.29 is 0 Å². The summed E-state index contributed by atoms with van der Waals surface area (Å²) in [6.45, 7) is 13.0. The minimum absolute atomic E-state index is 0.602. The van der Waals surface area contributed by atoms with E-state index in [2.05, 4.69) is 37.9 Å². The van der Waals surface area contributed by atoms with Crippen molar-refractivity contribution in [2.75, 3.05) is 19.6 Å². The van der Waals surface area contributed by atoms with E-state index in [1.807, 2.05) is 0 Å². The maximum Gasteiger partial charge on any atom is 0.0220 e. The minimum atomic E-state index is 0.602.